The van der Waals surface area contributed by atoms with Crippen LogP contribution in [0.2, 0.25) is 0 Å². The minimum atomic E-state index is -3.25. The van der Waals surface area contributed by atoms with Crippen molar-refractivity contribution >= 4 is 10.0 Å². The van der Waals surface area contributed by atoms with Gasteiger partial charge in [0.25, 0.3) is 0 Å². The van der Waals surface area contributed by atoms with E-state index in [1.807, 2.05) is 0 Å². The Balaban J connectivity index is 1.46. The SMILES string of the molecule is CS(=O)(=O)N1CCO[C@@H](c2nnc(C[C@@H]3CCc4ccccc43)o2)C1. The summed E-state index contributed by atoms with van der Waals surface area (Å²) in [5.41, 5.74) is 2.76. The summed E-state index contributed by atoms with van der Waals surface area (Å²) in [6, 6.07) is 8.47. The fraction of sp³-hybridized carbons (Fsp3) is 0.529. The average molecular weight is 363 g/mol. The normalized spacial score (nSPS) is 24.4. The zero-order valence-electron chi connectivity index (χ0n) is 14.1. The summed E-state index contributed by atoms with van der Waals surface area (Å²) in [5.74, 6) is 1.33. The summed E-state index contributed by atoms with van der Waals surface area (Å²) in [4.78, 5) is 0. The van der Waals surface area contributed by atoms with Gasteiger partial charge in [-0.1, -0.05) is 24.3 Å². The van der Waals surface area contributed by atoms with Gasteiger partial charge in [-0.25, -0.2) is 8.42 Å². The number of ether oxygens (including phenoxy) is 1. The third-order valence-electron chi connectivity index (χ3n) is 4.93. The predicted molar refractivity (Wildman–Crippen MR) is 90.6 cm³/mol. The summed E-state index contributed by atoms with van der Waals surface area (Å²) in [6.07, 6.45) is 3.56. The smallest absolute Gasteiger partial charge is 0.246 e. The highest BCUT2D eigenvalue weighted by Gasteiger charge is 2.31. The van der Waals surface area contributed by atoms with Crippen LogP contribution in [0.25, 0.3) is 0 Å². The molecule has 4 rings (SSSR count). The Morgan fingerprint density at radius 3 is 2.96 bits per heavy atom. The highest BCUT2D eigenvalue weighted by Crippen LogP contribution is 2.35. The lowest BCUT2D eigenvalue weighted by Crippen LogP contribution is -2.41. The highest BCUT2D eigenvalue weighted by molar-refractivity contribution is 7.88. The Morgan fingerprint density at radius 1 is 1.28 bits per heavy atom. The quantitative estimate of drug-likeness (QED) is 0.821. The standard InChI is InChI=1S/C17H21N3O4S/c1-25(21,22)20-8-9-23-15(11-20)17-19-18-16(24-17)10-13-7-6-12-4-2-3-5-14(12)13/h2-5,13,15H,6-11H2,1H3/t13-,15+/m0/s1. The minimum absolute atomic E-state index is 0.215. The van der Waals surface area contributed by atoms with Crippen LogP contribution in [0.15, 0.2) is 28.7 Å². The topological polar surface area (TPSA) is 85.5 Å². The van der Waals surface area contributed by atoms with Crippen LogP contribution in [0.5, 0.6) is 0 Å². The van der Waals surface area contributed by atoms with Crippen LogP contribution < -0.4 is 0 Å². The van der Waals surface area contributed by atoms with Gasteiger partial charge in [0.15, 0.2) is 0 Å². The zero-order chi connectivity index (χ0) is 17.4. The lowest BCUT2D eigenvalue weighted by Gasteiger charge is -2.29. The van der Waals surface area contributed by atoms with Crippen molar-refractivity contribution in [3.05, 3.63) is 47.2 Å². The summed E-state index contributed by atoms with van der Waals surface area (Å²) in [7, 11) is -3.25. The molecule has 0 spiro atoms. The van der Waals surface area contributed by atoms with E-state index < -0.39 is 16.1 Å². The Hall–Kier alpha value is -1.77. The summed E-state index contributed by atoms with van der Waals surface area (Å²) >= 11 is 0. The lowest BCUT2D eigenvalue weighted by atomic mass is 9.98. The van der Waals surface area contributed by atoms with E-state index in [4.69, 9.17) is 9.15 Å². The number of aromatic nitrogens is 2. The molecule has 0 unspecified atom stereocenters. The number of hydrogen-bond acceptors (Lipinski definition) is 6. The predicted octanol–water partition coefficient (Wildman–Crippen LogP) is 1.67. The van der Waals surface area contributed by atoms with E-state index in [1.165, 1.54) is 21.7 Å². The van der Waals surface area contributed by atoms with Crippen LogP contribution in [0.1, 0.15) is 41.4 Å². The summed E-state index contributed by atoms with van der Waals surface area (Å²) in [5, 5.41) is 8.24. The van der Waals surface area contributed by atoms with Crippen molar-refractivity contribution in [1.82, 2.24) is 14.5 Å². The molecule has 1 aromatic heterocycles. The van der Waals surface area contributed by atoms with Crippen molar-refractivity contribution in [1.29, 1.82) is 0 Å². The lowest BCUT2D eigenvalue weighted by molar-refractivity contribution is -0.0176. The Morgan fingerprint density at radius 2 is 2.12 bits per heavy atom. The number of morpholine rings is 1. The molecule has 2 heterocycles. The molecule has 0 bridgehead atoms. The molecule has 1 aliphatic carbocycles. The minimum Gasteiger partial charge on any atom is -0.422 e. The summed E-state index contributed by atoms with van der Waals surface area (Å²) in [6.45, 7) is 0.896. The van der Waals surface area contributed by atoms with Crippen LogP contribution in [0, 0.1) is 0 Å². The molecule has 1 fully saturated rings. The first-order chi connectivity index (χ1) is 12.0. The van der Waals surface area contributed by atoms with Crippen LogP contribution in [0.4, 0.5) is 0 Å². The molecule has 134 valence electrons. The molecule has 0 N–H and O–H groups in total. The Labute approximate surface area is 147 Å². The van der Waals surface area contributed by atoms with Gasteiger partial charge >= 0.3 is 0 Å². The van der Waals surface area contributed by atoms with Gasteiger partial charge in [-0.3, -0.25) is 0 Å². The van der Waals surface area contributed by atoms with Crippen molar-refractivity contribution in [3.63, 3.8) is 0 Å². The number of sulfonamides is 1. The molecule has 25 heavy (non-hydrogen) atoms. The van der Waals surface area contributed by atoms with Gasteiger partial charge in [-0.15, -0.1) is 10.2 Å². The fourth-order valence-electron chi connectivity index (χ4n) is 3.62. The van der Waals surface area contributed by atoms with Crippen LogP contribution in [-0.2, 0) is 27.6 Å². The van der Waals surface area contributed by atoms with E-state index in [1.54, 1.807) is 0 Å². The van der Waals surface area contributed by atoms with E-state index in [-0.39, 0.29) is 6.54 Å². The second-order valence-electron chi connectivity index (χ2n) is 6.65. The molecule has 1 aromatic carbocycles. The molecule has 1 aliphatic heterocycles. The Bertz CT molecular complexity index is 864. The number of benzene rings is 1. The average Bonchev–Trinajstić information content (AvgIpc) is 3.22. The number of rotatable bonds is 4. The molecule has 1 saturated heterocycles. The molecule has 2 aromatic rings. The maximum absolute atomic E-state index is 11.7. The largest absolute Gasteiger partial charge is 0.422 e. The molecule has 0 radical (unpaired) electrons. The van der Waals surface area contributed by atoms with Crippen molar-refractivity contribution in [2.75, 3.05) is 26.0 Å². The van der Waals surface area contributed by atoms with Crippen molar-refractivity contribution in [2.24, 2.45) is 0 Å². The van der Waals surface area contributed by atoms with Gasteiger partial charge in [0.1, 0.15) is 6.10 Å². The van der Waals surface area contributed by atoms with Crippen LogP contribution in [0.3, 0.4) is 0 Å². The van der Waals surface area contributed by atoms with Crippen molar-refractivity contribution in [2.45, 2.75) is 31.3 Å². The third kappa shape index (κ3) is 3.47. The number of fused-ring (bicyclic) bond motifs is 1. The molecule has 0 amide bonds. The molecule has 7 nitrogen and oxygen atoms in total. The molecule has 8 heteroatoms. The molecule has 2 atom stereocenters. The maximum atomic E-state index is 11.7. The first kappa shape index (κ1) is 16.7. The van der Waals surface area contributed by atoms with E-state index in [2.05, 4.69) is 34.5 Å². The van der Waals surface area contributed by atoms with Gasteiger partial charge in [-0.2, -0.15) is 4.31 Å². The Kier molecular flexibility index (Phi) is 4.35. The monoisotopic (exact) mass is 363 g/mol. The van der Waals surface area contributed by atoms with Gasteiger partial charge < -0.3 is 9.15 Å². The second-order valence-corrected chi connectivity index (χ2v) is 8.64. The summed E-state index contributed by atoms with van der Waals surface area (Å²) < 4.78 is 36.2. The number of hydrogen-bond donors (Lipinski definition) is 0. The number of aryl methyl sites for hydroxylation is 1. The van der Waals surface area contributed by atoms with Gasteiger partial charge in [0.2, 0.25) is 21.8 Å². The zero-order valence-corrected chi connectivity index (χ0v) is 14.9. The van der Waals surface area contributed by atoms with E-state index >= 15 is 0 Å². The van der Waals surface area contributed by atoms with Crippen LogP contribution in [-0.4, -0.2) is 48.9 Å². The number of nitrogens with zero attached hydrogens (tertiary/aromatic N) is 3. The van der Waals surface area contributed by atoms with Crippen molar-refractivity contribution in [3.8, 4) is 0 Å². The first-order valence-corrected chi connectivity index (χ1v) is 10.3. The second kappa shape index (κ2) is 6.51. The molecular formula is C17H21N3O4S. The molecule has 0 saturated carbocycles. The van der Waals surface area contributed by atoms with Crippen molar-refractivity contribution < 1.29 is 17.6 Å². The van der Waals surface area contributed by atoms with Gasteiger partial charge in [0, 0.05) is 19.5 Å². The van der Waals surface area contributed by atoms with Gasteiger partial charge in [-0.05, 0) is 29.9 Å². The third-order valence-corrected chi connectivity index (χ3v) is 6.20. The van der Waals surface area contributed by atoms with E-state index in [0.29, 0.717) is 37.3 Å². The maximum Gasteiger partial charge on any atom is 0.246 e. The van der Waals surface area contributed by atoms with Crippen LogP contribution >= 0.6 is 0 Å². The van der Waals surface area contributed by atoms with E-state index in [9.17, 15) is 8.42 Å². The fourth-order valence-corrected chi connectivity index (χ4v) is 4.44. The first-order valence-electron chi connectivity index (χ1n) is 8.47. The van der Waals surface area contributed by atoms with Gasteiger partial charge in [0.05, 0.1) is 12.9 Å². The van der Waals surface area contributed by atoms with E-state index in [0.717, 1.165) is 12.8 Å². The molecule has 2 aliphatic rings. The highest BCUT2D eigenvalue weighted by atomic mass is 32.2. The molecular weight excluding hydrogens is 342 g/mol.